The lowest BCUT2D eigenvalue weighted by Gasteiger charge is -2.18. The molecule has 1 aromatic heterocycles. The molecule has 0 spiro atoms. The number of nitrogens with one attached hydrogen (secondary N) is 1. The summed E-state index contributed by atoms with van der Waals surface area (Å²) in [6.07, 6.45) is 0. The molecule has 0 saturated heterocycles. The van der Waals surface area contributed by atoms with Crippen LogP contribution in [0.4, 0.5) is 10.1 Å². The first-order valence-corrected chi connectivity index (χ1v) is 9.22. The molecule has 2 heterocycles. The lowest BCUT2D eigenvalue weighted by Crippen LogP contribution is -2.16. The van der Waals surface area contributed by atoms with Gasteiger partial charge in [-0.2, -0.15) is 0 Å². The second-order valence-electron chi connectivity index (χ2n) is 5.87. The quantitative estimate of drug-likeness (QED) is 0.703. The van der Waals surface area contributed by atoms with E-state index >= 15 is 0 Å². The van der Waals surface area contributed by atoms with Crippen LogP contribution in [0.1, 0.15) is 15.2 Å². The Hall–Kier alpha value is -3.06. The van der Waals surface area contributed by atoms with Crippen molar-refractivity contribution < 1.29 is 23.4 Å². The number of rotatable bonds is 5. The van der Waals surface area contributed by atoms with Crippen LogP contribution in [-0.4, -0.2) is 19.1 Å². The van der Waals surface area contributed by atoms with Gasteiger partial charge in [-0.25, -0.2) is 4.39 Å². The minimum Gasteiger partial charge on any atom is -0.489 e. The van der Waals surface area contributed by atoms with Gasteiger partial charge in [-0.3, -0.25) is 4.79 Å². The molecule has 7 heteroatoms. The van der Waals surface area contributed by atoms with Crippen molar-refractivity contribution in [2.75, 3.05) is 18.5 Å². The van der Waals surface area contributed by atoms with E-state index in [1.165, 1.54) is 23.5 Å². The number of carbonyl (C=O) groups excluding carboxylic acids is 1. The molecule has 1 aliphatic rings. The van der Waals surface area contributed by atoms with Crippen molar-refractivity contribution in [1.82, 2.24) is 0 Å². The van der Waals surface area contributed by atoms with Gasteiger partial charge in [0.2, 0.25) is 0 Å². The third kappa shape index (κ3) is 4.20. The number of amides is 1. The van der Waals surface area contributed by atoms with Crippen molar-refractivity contribution in [3.63, 3.8) is 0 Å². The van der Waals surface area contributed by atoms with E-state index in [4.69, 9.17) is 14.2 Å². The van der Waals surface area contributed by atoms with Gasteiger partial charge in [0.05, 0.1) is 4.88 Å². The number of benzene rings is 2. The maximum absolute atomic E-state index is 12.9. The van der Waals surface area contributed by atoms with Crippen LogP contribution in [0.5, 0.6) is 17.2 Å². The van der Waals surface area contributed by atoms with E-state index in [0.717, 1.165) is 5.56 Å². The highest BCUT2D eigenvalue weighted by molar-refractivity contribution is 7.12. The lowest BCUT2D eigenvalue weighted by molar-refractivity contribution is 0.103. The summed E-state index contributed by atoms with van der Waals surface area (Å²) in [5, 5.41) is 4.72. The Morgan fingerprint density at radius 2 is 1.85 bits per heavy atom. The molecule has 1 N–H and O–H groups in total. The monoisotopic (exact) mass is 385 g/mol. The molecule has 1 amide bonds. The number of hydrogen-bond acceptors (Lipinski definition) is 5. The second kappa shape index (κ2) is 7.67. The molecule has 5 nitrogen and oxygen atoms in total. The number of thiophene rings is 1. The molecule has 0 fully saturated rings. The maximum Gasteiger partial charge on any atom is 0.265 e. The van der Waals surface area contributed by atoms with Crippen LogP contribution in [0, 0.1) is 5.82 Å². The first-order chi connectivity index (χ1) is 13.2. The van der Waals surface area contributed by atoms with Gasteiger partial charge < -0.3 is 19.5 Å². The van der Waals surface area contributed by atoms with Crippen molar-refractivity contribution in [1.29, 1.82) is 0 Å². The first-order valence-electron chi connectivity index (χ1n) is 8.34. The van der Waals surface area contributed by atoms with Crippen LogP contribution in [0.15, 0.2) is 53.9 Å². The summed E-state index contributed by atoms with van der Waals surface area (Å²) < 4.78 is 29.5. The second-order valence-corrected chi connectivity index (χ2v) is 6.79. The number of ether oxygens (including phenoxy) is 3. The molecular formula is C20H16FNO4S. The Labute approximate surface area is 159 Å². The molecule has 0 saturated carbocycles. The maximum atomic E-state index is 12.9. The highest BCUT2D eigenvalue weighted by Crippen LogP contribution is 2.32. The Bertz CT molecular complexity index is 955. The van der Waals surface area contributed by atoms with E-state index in [0.29, 0.717) is 47.6 Å². The van der Waals surface area contributed by atoms with Crippen molar-refractivity contribution in [3.05, 3.63) is 70.2 Å². The number of fused-ring (bicyclic) bond motifs is 1. The van der Waals surface area contributed by atoms with Crippen molar-refractivity contribution in [3.8, 4) is 17.2 Å². The number of halogens is 1. The topological polar surface area (TPSA) is 56.8 Å². The smallest absolute Gasteiger partial charge is 0.265 e. The lowest BCUT2D eigenvalue weighted by atomic mass is 10.2. The zero-order chi connectivity index (χ0) is 18.6. The minimum absolute atomic E-state index is 0.204. The molecule has 4 rings (SSSR count). The van der Waals surface area contributed by atoms with Crippen LogP contribution in [0.25, 0.3) is 0 Å². The predicted molar refractivity (Wildman–Crippen MR) is 100 cm³/mol. The molecule has 27 heavy (non-hydrogen) atoms. The molecule has 2 aromatic carbocycles. The Kier molecular flexibility index (Phi) is 4.93. The fraction of sp³-hybridized carbons (Fsp3) is 0.150. The summed E-state index contributed by atoms with van der Waals surface area (Å²) in [4.78, 5) is 13.0. The van der Waals surface area contributed by atoms with Crippen molar-refractivity contribution in [2.24, 2.45) is 0 Å². The zero-order valence-electron chi connectivity index (χ0n) is 14.2. The fourth-order valence-corrected chi connectivity index (χ4v) is 3.37. The Morgan fingerprint density at radius 1 is 1.07 bits per heavy atom. The van der Waals surface area contributed by atoms with E-state index in [9.17, 15) is 9.18 Å². The van der Waals surface area contributed by atoms with E-state index in [1.54, 1.807) is 36.4 Å². The summed E-state index contributed by atoms with van der Waals surface area (Å²) in [6.45, 7) is 1.32. The van der Waals surface area contributed by atoms with Gasteiger partial charge in [-0.1, -0.05) is 0 Å². The number of carbonyl (C=O) groups is 1. The van der Waals surface area contributed by atoms with E-state index in [2.05, 4.69) is 5.32 Å². The molecular weight excluding hydrogens is 369 g/mol. The summed E-state index contributed by atoms with van der Waals surface area (Å²) >= 11 is 1.34. The van der Waals surface area contributed by atoms with Gasteiger partial charge >= 0.3 is 0 Å². The zero-order valence-corrected chi connectivity index (χ0v) is 15.1. The standard InChI is InChI=1S/C20H16FNO4S/c21-14-1-4-16(5-2-14)26-11-13-9-19(27-12-13)20(23)22-15-3-6-17-18(10-15)25-8-7-24-17/h1-6,9-10,12H,7-8,11H2,(H,22,23). The van der Waals surface area contributed by atoms with Crippen LogP contribution >= 0.6 is 11.3 Å². The molecule has 0 radical (unpaired) electrons. The van der Waals surface area contributed by atoms with Gasteiger partial charge in [0.1, 0.15) is 31.4 Å². The highest BCUT2D eigenvalue weighted by atomic mass is 32.1. The SMILES string of the molecule is O=C(Nc1ccc2c(c1)OCCO2)c1cc(COc2ccc(F)cc2)cs1. The van der Waals surface area contributed by atoms with Crippen LogP contribution in [-0.2, 0) is 6.61 Å². The van der Waals surface area contributed by atoms with E-state index in [1.807, 2.05) is 5.38 Å². The van der Waals surface area contributed by atoms with Crippen LogP contribution in [0.3, 0.4) is 0 Å². The summed E-state index contributed by atoms with van der Waals surface area (Å²) in [7, 11) is 0. The fourth-order valence-electron chi connectivity index (χ4n) is 2.58. The number of anilines is 1. The summed E-state index contributed by atoms with van der Waals surface area (Å²) in [5.41, 5.74) is 1.51. The minimum atomic E-state index is -0.309. The third-order valence-corrected chi connectivity index (χ3v) is 4.87. The normalized spacial score (nSPS) is 12.5. The Balaban J connectivity index is 1.37. The van der Waals surface area contributed by atoms with E-state index in [-0.39, 0.29) is 11.7 Å². The Morgan fingerprint density at radius 3 is 2.67 bits per heavy atom. The largest absolute Gasteiger partial charge is 0.489 e. The van der Waals surface area contributed by atoms with Gasteiger partial charge in [-0.05, 0) is 47.8 Å². The average Bonchev–Trinajstić information content (AvgIpc) is 3.17. The van der Waals surface area contributed by atoms with E-state index < -0.39 is 0 Å². The molecule has 0 aliphatic carbocycles. The van der Waals surface area contributed by atoms with Gasteiger partial charge in [-0.15, -0.1) is 11.3 Å². The molecule has 0 unspecified atom stereocenters. The molecule has 3 aromatic rings. The molecule has 138 valence electrons. The average molecular weight is 385 g/mol. The molecule has 0 atom stereocenters. The van der Waals surface area contributed by atoms with Crippen LogP contribution in [0.2, 0.25) is 0 Å². The van der Waals surface area contributed by atoms with Crippen molar-refractivity contribution >= 4 is 22.9 Å². The van der Waals surface area contributed by atoms with Crippen LogP contribution < -0.4 is 19.5 Å². The first kappa shape index (κ1) is 17.4. The number of hydrogen-bond donors (Lipinski definition) is 1. The molecule has 0 bridgehead atoms. The highest BCUT2D eigenvalue weighted by Gasteiger charge is 2.14. The summed E-state index contributed by atoms with van der Waals surface area (Å²) in [5.74, 6) is 1.36. The van der Waals surface area contributed by atoms with Gasteiger partial charge in [0.15, 0.2) is 11.5 Å². The van der Waals surface area contributed by atoms with Gasteiger partial charge in [0, 0.05) is 17.3 Å². The summed E-state index contributed by atoms with van der Waals surface area (Å²) in [6, 6.07) is 12.9. The third-order valence-electron chi connectivity index (χ3n) is 3.90. The predicted octanol–water partition coefficient (Wildman–Crippen LogP) is 4.49. The van der Waals surface area contributed by atoms with Gasteiger partial charge in [0.25, 0.3) is 5.91 Å². The van der Waals surface area contributed by atoms with Crippen molar-refractivity contribution in [2.45, 2.75) is 6.61 Å². The molecule has 1 aliphatic heterocycles.